The predicted octanol–water partition coefficient (Wildman–Crippen LogP) is 6.71. The molecule has 0 bridgehead atoms. The molecule has 2 aromatic heterocycles. The lowest BCUT2D eigenvalue weighted by molar-refractivity contribution is 0.0678. The number of carbonyl (C=O) groups is 1. The van der Waals surface area contributed by atoms with Crippen LogP contribution in [0.1, 0.15) is 50.4 Å². The normalized spacial score (nSPS) is 14.6. The number of nitrogens with zero attached hydrogens (tertiary/aromatic N) is 3. The predicted molar refractivity (Wildman–Crippen MR) is 154 cm³/mol. The van der Waals surface area contributed by atoms with E-state index in [1.54, 1.807) is 24.4 Å². The number of phenolic OH excluding ortho intramolecular Hbond substituents is 1. The summed E-state index contributed by atoms with van der Waals surface area (Å²) in [5, 5.41) is 11.2. The maximum absolute atomic E-state index is 14.8. The number of benzene rings is 2. The zero-order valence-corrected chi connectivity index (χ0v) is 23.0. The summed E-state index contributed by atoms with van der Waals surface area (Å²) < 4.78 is 14.8. The zero-order valence-electron chi connectivity index (χ0n) is 23.0. The Labute approximate surface area is 229 Å². The van der Waals surface area contributed by atoms with Crippen molar-refractivity contribution in [1.29, 1.82) is 0 Å². The number of H-pyrrole nitrogens is 1. The Hall–Kier alpha value is -3.71. The van der Waals surface area contributed by atoms with Crippen molar-refractivity contribution in [1.82, 2.24) is 19.8 Å². The van der Waals surface area contributed by atoms with Gasteiger partial charge in [0.1, 0.15) is 17.2 Å². The second kappa shape index (κ2) is 11.6. The van der Waals surface area contributed by atoms with Crippen molar-refractivity contribution >= 4 is 16.9 Å². The third-order valence-corrected chi connectivity index (χ3v) is 8.07. The Balaban J connectivity index is 1.33. The fraction of sp³-hybridized carbons (Fsp3) is 0.375. The van der Waals surface area contributed by atoms with Crippen molar-refractivity contribution in [3.05, 3.63) is 72.3 Å². The first kappa shape index (κ1) is 26.9. The van der Waals surface area contributed by atoms with Crippen LogP contribution in [0.2, 0.25) is 0 Å². The first-order valence-corrected chi connectivity index (χ1v) is 13.9. The Kier molecular flexibility index (Phi) is 7.98. The molecule has 0 aliphatic carbocycles. The summed E-state index contributed by atoms with van der Waals surface area (Å²) in [6.45, 7) is 10.2. The maximum atomic E-state index is 14.8. The highest BCUT2D eigenvalue weighted by Crippen LogP contribution is 2.36. The van der Waals surface area contributed by atoms with Gasteiger partial charge in [-0.25, -0.2) is 9.37 Å². The number of amides is 1. The van der Waals surface area contributed by atoms with Crippen LogP contribution in [0.4, 0.5) is 4.39 Å². The molecule has 1 amide bonds. The van der Waals surface area contributed by atoms with Gasteiger partial charge in [0.15, 0.2) is 0 Å². The van der Waals surface area contributed by atoms with E-state index in [4.69, 9.17) is 0 Å². The van der Waals surface area contributed by atoms with Crippen LogP contribution < -0.4 is 0 Å². The molecule has 2 N–H and O–H groups in total. The molecule has 39 heavy (non-hydrogen) atoms. The number of carbonyl (C=O) groups excluding carboxylic acids is 1. The van der Waals surface area contributed by atoms with Crippen molar-refractivity contribution in [3.8, 4) is 28.0 Å². The van der Waals surface area contributed by atoms with Crippen LogP contribution in [-0.4, -0.2) is 63.0 Å². The van der Waals surface area contributed by atoms with Gasteiger partial charge in [0, 0.05) is 59.2 Å². The van der Waals surface area contributed by atoms with Gasteiger partial charge in [0.25, 0.3) is 5.91 Å². The number of aromatic hydroxyl groups is 1. The van der Waals surface area contributed by atoms with Crippen LogP contribution in [0.3, 0.4) is 0 Å². The van der Waals surface area contributed by atoms with Crippen molar-refractivity contribution in [2.45, 2.75) is 46.1 Å². The molecular weight excluding hydrogens is 491 g/mol. The van der Waals surface area contributed by atoms with Crippen LogP contribution in [0.15, 0.2) is 60.9 Å². The highest BCUT2D eigenvalue weighted by molar-refractivity contribution is 5.98. The monoisotopic (exact) mass is 528 g/mol. The van der Waals surface area contributed by atoms with Crippen molar-refractivity contribution in [3.63, 3.8) is 0 Å². The number of hydrogen-bond acceptors (Lipinski definition) is 4. The van der Waals surface area contributed by atoms with E-state index in [1.807, 2.05) is 29.3 Å². The van der Waals surface area contributed by atoms with Crippen LogP contribution >= 0.6 is 0 Å². The molecule has 4 aromatic rings. The first-order chi connectivity index (χ1) is 18.8. The second-order valence-corrected chi connectivity index (χ2v) is 10.8. The van der Waals surface area contributed by atoms with E-state index in [0.717, 1.165) is 43.3 Å². The number of para-hydroxylation sites is 1. The summed E-state index contributed by atoms with van der Waals surface area (Å²) in [7, 11) is 0. The molecule has 1 aliphatic heterocycles. The number of halogens is 1. The highest BCUT2D eigenvalue weighted by atomic mass is 19.1. The Morgan fingerprint density at radius 3 is 2.62 bits per heavy atom. The third-order valence-electron chi connectivity index (χ3n) is 8.07. The molecule has 3 heterocycles. The van der Waals surface area contributed by atoms with Gasteiger partial charge in [-0.3, -0.25) is 4.79 Å². The molecule has 0 saturated carbocycles. The summed E-state index contributed by atoms with van der Waals surface area (Å²) in [6, 6.07) is 14.1. The molecule has 6 nitrogen and oxygen atoms in total. The number of hydrogen-bond donors (Lipinski definition) is 2. The SMILES string of the molecule is CCN(CCC1CCN(C(=O)c2cc(F)cc(-c3cnc4[nH]cc(-c5ccccc5O)c4c3)c2)CC1)C(C)C. The minimum Gasteiger partial charge on any atom is -0.507 e. The lowest BCUT2D eigenvalue weighted by atomic mass is 9.92. The summed E-state index contributed by atoms with van der Waals surface area (Å²) in [6.07, 6.45) is 6.59. The van der Waals surface area contributed by atoms with Gasteiger partial charge in [0.05, 0.1) is 0 Å². The molecule has 7 heteroatoms. The third kappa shape index (κ3) is 5.83. The number of aromatic amines is 1. The number of fused-ring (bicyclic) bond motifs is 1. The molecule has 0 atom stereocenters. The smallest absolute Gasteiger partial charge is 0.253 e. The molecule has 0 unspecified atom stereocenters. The van der Waals surface area contributed by atoms with Gasteiger partial charge in [-0.1, -0.05) is 25.1 Å². The highest BCUT2D eigenvalue weighted by Gasteiger charge is 2.25. The Bertz CT molecular complexity index is 1460. The van der Waals surface area contributed by atoms with Crippen LogP contribution in [0.5, 0.6) is 5.75 Å². The van der Waals surface area contributed by atoms with E-state index in [1.165, 1.54) is 12.1 Å². The van der Waals surface area contributed by atoms with Crippen molar-refractivity contribution < 1.29 is 14.3 Å². The summed E-state index contributed by atoms with van der Waals surface area (Å²) >= 11 is 0. The summed E-state index contributed by atoms with van der Waals surface area (Å²) in [4.78, 5) is 25.4. The molecule has 0 radical (unpaired) electrons. The fourth-order valence-electron chi connectivity index (χ4n) is 5.70. The summed E-state index contributed by atoms with van der Waals surface area (Å²) in [5.41, 5.74) is 3.83. The van der Waals surface area contributed by atoms with E-state index in [9.17, 15) is 14.3 Å². The molecule has 1 saturated heterocycles. The van der Waals surface area contributed by atoms with E-state index >= 15 is 0 Å². The lowest BCUT2D eigenvalue weighted by Crippen LogP contribution is -2.40. The second-order valence-electron chi connectivity index (χ2n) is 10.8. The molecule has 1 aliphatic rings. The van der Waals surface area contributed by atoms with Crippen molar-refractivity contribution in [2.75, 3.05) is 26.2 Å². The zero-order chi connectivity index (χ0) is 27.5. The summed E-state index contributed by atoms with van der Waals surface area (Å²) in [5.74, 6) is 0.211. The van der Waals surface area contributed by atoms with Gasteiger partial charge in [-0.2, -0.15) is 0 Å². The van der Waals surface area contributed by atoms with Crippen LogP contribution in [0.25, 0.3) is 33.3 Å². The quantitative estimate of drug-likeness (QED) is 0.266. The molecule has 204 valence electrons. The van der Waals surface area contributed by atoms with E-state index in [-0.39, 0.29) is 11.7 Å². The molecule has 1 fully saturated rings. The largest absolute Gasteiger partial charge is 0.507 e. The number of phenols is 1. The molecule has 2 aromatic carbocycles. The number of rotatable bonds is 8. The number of likely N-dealkylation sites (tertiary alicyclic amines) is 1. The van der Waals surface area contributed by atoms with Crippen LogP contribution in [-0.2, 0) is 0 Å². The number of piperidine rings is 1. The van der Waals surface area contributed by atoms with Gasteiger partial charge >= 0.3 is 0 Å². The minimum absolute atomic E-state index is 0.128. The number of nitrogens with one attached hydrogen (secondary N) is 1. The minimum atomic E-state index is -0.450. The van der Waals surface area contributed by atoms with E-state index in [2.05, 4.69) is 35.6 Å². The average molecular weight is 529 g/mol. The number of aromatic nitrogens is 2. The number of pyridine rings is 1. The molecule has 0 spiro atoms. The maximum Gasteiger partial charge on any atom is 0.253 e. The fourth-order valence-corrected chi connectivity index (χ4v) is 5.70. The first-order valence-electron chi connectivity index (χ1n) is 13.9. The molecule has 5 rings (SSSR count). The van der Waals surface area contributed by atoms with Gasteiger partial charge in [0.2, 0.25) is 0 Å². The van der Waals surface area contributed by atoms with E-state index < -0.39 is 5.82 Å². The lowest BCUT2D eigenvalue weighted by Gasteiger charge is -2.34. The van der Waals surface area contributed by atoms with Gasteiger partial charge in [-0.05, 0) is 88.0 Å². The Morgan fingerprint density at radius 2 is 1.90 bits per heavy atom. The van der Waals surface area contributed by atoms with Gasteiger partial charge < -0.3 is 19.9 Å². The topological polar surface area (TPSA) is 72.5 Å². The van der Waals surface area contributed by atoms with Gasteiger partial charge in [-0.15, -0.1) is 0 Å². The van der Waals surface area contributed by atoms with Crippen LogP contribution in [0, 0.1) is 11.7 Å². The standard InChI is InChI=1S/C32H37FN4O2/c1-4-36(21(2)3)12-9-22-10-13-37(14-11-22)32(39)24-15-23(16-26(33)17-24)25-18-28-29(20-35-31(28)34-19-25)27-7-5-6-8-30(27)38/h5-8,15-22,38H,4,9-14H2,1-3H3,(H,34,35). The van der Waals surface area contributed by atoms with Crippen molar-refractivity contribution in [2.24, 2.45) is 5.92 Å². The average Bonchev–Trinajstić information content (AvgIpc) is 3.36. The molecular formula is C32H37FN4O2. The van der Waals surface area contributed by atoms with E-state index in [0.29, 0.717) is 53.0 Å². The Morgan fingerprint density at radius 1 is 1.13 bits per heavy atom.